The summed E-state index contributed by atoms with van der Waals surface area (Å²) in [6.45, 7) is 3.13. The Hall–Kier alpha value is -3.03. The molecule has 1 fully saturated rings. The molecular formula is C17H18N4O4. The van der Waals surface area contributed by atoms with Gasteiger partial charge in [0.2, 0.25) is 0 Å². The lowest BCUT2D eigenvalue weighted by Crippen LogP contribution is -2.36. The van der Waals surface area contributed by atoms with E-state index in [1.807, 2.05) is 13.0 Å². The van der Waals surface area contributed by atoms with Crippen molar-refractivity contribution >= 4 is 17.5 Å². The molecule has 8 heteroatoms. The lowest BCUT2D eigenvalue weighted by atomic mass is 9.97. The number of non-ortho nitro benzene ring substituents is 1. The summed E-state index contributed by atoms with van der Waals surface area (Å²) in [5.41, 5.74) is 1.52. The third kappa shape index (κ3) is 3.73. The SMILES string of the molecule is Cc1cc(N2CCC(C(=O)O)CC2)nc(-c2ccc([N+](=O)[O-])cc2)n1. The van der Waals surface area contributed by atoms with Gasteiger partial charge >= 0.3 is 5.97 Å². The first-order valence-electron chi connectivity index (χ1n) is 8.02. The fraction of sp³-hybridized carbons (Fsp3) is 0.353. The molecule has 0 bridgehead atoms. The molecule has 0 radical (unpaired) electrons. The fourth-order valence-corrected chi connectivity index (χ4v) is 2.93. The molecule has 0 aliphatic carbocycles. The van der Waals surface area contributed by atoms with Crippen molar-refractivity contribution in [3.05, 3.63) is 46.1 Å². The van der Waals surface area contributed by atoms with Crippen LogP contribution in [0.2, 0.25) is 0 Å². The smallest absolute Gasteiger partial charge is 0.306 e. The first kappa shape index (κ1) is 16.8. The zero-order valence-electron chi connectivity index (χ0n) is 13.8. The van der Waals surface area contributed by atoms with E-state index in [9.17, 15) is 14.9 Å². The van der Waals surface area contributed by atoms with Gasteiger partial charge in [0.1, 0.15) is 5.82 Å². The number of carboxylic acid groups (broad SMARTS) is 1. The molecule has 2 aromatic rings. The number of carbonyl (C=O) groups is 1. The van der Waals surface area contributed by atoms with E-state index in [1.165, 1.54) is 12.1 Å². The van der Waals surface area contributed by atoms with Crippen molar-refractivity contribution in [1.82, 2.24) is 9.97 Å². The molecule has 3 rings (SSSR count). The standard InChI is InChI=1S/C17H18N4O4/c1-11-10-15(20-8-6-13(7-9-20)17(22)23)19-16(18-11)12-2-4-14(5-3-12)21(24)25/h2-5,10,13H,6-9H2,1H3,(H,22,23). The average molecular weight is 342 g/mol. The van der Waals surface area contributed by atoms with Crippen molar-refractivity contribution in [3.63, 3.8) is 0 Å². The first-order chi connectivity index (χ1) is 11.9. The number of carboxylic acids is 1. The van der Waals surface area contributed by atoms with Crippen molar-refractivity contribution in [2.45, 2.75) is 19.8 Å². The third-order valence-electron chi connectivity index (χ3n) is 4.35. The quantitative estimate of drug-likeness (QED) is 0.672. The summed E-state index contributed by atoms with van der Waals surface area (Å²) in [6, 6.07) is 7.99. The minimum Gasteiger partial charge on any atom is -0.481 e. The topological polar surface area (TPSA) is 109 Å². The molecule has 0 unspecified atom stereocenters. The van der Waals surface area contributed by atoms with Gasteiger partial charge in [0, 0.05) is 42.5 Å². The summed E-state index contributed by atoms with van der Waals surface area (Å²) < 4.78 is 0. The normalized spacial score (nSPS) is 15.2. The Morgan fingerprint density at radius 2 is 1.88 bits per heavy atom. The van der Waals surface area contributed by atoms with Gasteiger partial charge in [-0.15, -0.1) is 0 Å². The highest BCUT2D eigenvalue weighted by Gasteiger charge is 2.25. The number of rotatable bonds is 4. The maximum Gasteiger partial charge on any atom is 0.306 e. The van der Waals surface area contributed by atoms with Crippen molar-refractivity contribution in [2.24, 2.45) is 5.92 Å². The van der Waals surface area contributed by atoms with E-state index in [1.54, 1.807) is 12.1 Å². The van der Waals surface area contributed by atoms with Crippen LogP contribution < -0.4 is 4.90 Å². The Bertz CT molecular complexity index is 799. The van der Waals surface area contributed by atoms with Crippen molar-refractivity contribution in [2.75, 3.05) is 18.0 Å². The Kier molecular flexibility index (Phi) is 4.60. The zero-order chi connectivity index (χ0) is 18.0. The van der Waals surface area contributed by atoms with Crippen LogP contribution >= 0.6 is 0 Å². The van der Waals surface area contributed by atoms with E-state index in [2.05, 4.69) is 14.9 Å². The molecule has 0 amide bonds. The summed E-state index contributed by atoms with van der Waals surface area (Å²) in [7, 11) is 0. The molecule has 1 saturated heterocycles. The summed E-state index contributed by atoms with van der Waals surface area (Å²) in [5.74, 6) is 0.216. The second-order valence-electron chi connectivity index (χ2n) is 6.09. The maximum atomic E-state index is 11.1. The van der Waals surface area contributed by atoms with Crippen LogP contribution in [0.25, 0.3) is 11.4 Å². The average Bonchev–Trinajstić information content (AvgIpc) is 2.61. The molecule has 1 N–H and O–H groups in total. The summed E-state index contributed by atoms with van der Waals surface area (Å²) >= 11 is 0. The van der Waals surface area contributed by atoms with Gasteiger partial charge in [-0.1, -0.05) is 0 Å². The molecule has 8 nitrogen and oxygen atoms in total. The minimum atomic E-state index is -0.745. The Balaban J connectivity index is 1.83. The van der Waals surface area contributed by atoms with Crippen molar-refractivity contribution in [3.8, 4) is 11.4 Å². The van der Waals surface area contributed by atoms with E-state index < -0.39 is 10.9 Å². The van der Waals surface area contributed by atoms with Crippen molar-refractivity contribution < 1.29 is 14.8 Å². The Labute approximate surface area is 144 Å². The Morgan fingerprint density at radius 1 is 1.24 bits per heavy atom. The molecular weight excluding hydrogens is 324 g/mol. The second-order valence-corrected chi connectivity index (χ2v) is 6.09. The molecule has 0 atom stereocenters. The number of aliphatic carboxylic acids is 1. The van der Waals surface area contributed by atoms with Gasteiger partial charge in [-0.25, -0.2) is 9.97 Å². The van der Waals surface area contributed by atoms with Crippen LogP contribution in [0.4, 0.5) is 11.5 Å². The maximum absolute atomic E-state index is 11.1. The van der Waals surface area contributed by atoms with Gasteiger partial charge in [-0.05, 0) is 31.9 Å². The number of hydrogen-bond donors (Lipinski definition) is 1. The molecule has 25 heavy (non-hydrogen) atoms. The van der Waals surface area contributed by atoms with Gasteiger partial charge in [0.25, 0.3) is 5.69 Å². The molecule has 1 aromatic carbocycles. The lowest BCUT2D eigenvalue weighted by molar-refractivity contribution is -0.384. The van der Waals surface area contributed by atoms with Gasteiger partial charge in [0.15, 0.2) is 5.82 Å². The van der Waals surface area contributed by atoms with Crippen LogP contribution in [-0.2, 0) is 4.79 Å². The second kappa shape index (κ2) is 6.84. The number of aromatic nitrogens is 2. The molecule has 0 saturated carbocycles. The van der Waals surface area contributed by atoms with Crippen LogP contribution in [-0.4, -0.2) is 39.1 Å². The highest BCUT2D eigenvalue weighted by molar-refractivity contribution is 5.70. The molecule has 130 valence electrons. The number of anilines is 1. The molecule has 1 aromatic heterocycles. The monoisotopic (exact) mass is 342 g/mol. The largest absolute Gasteiger partial charge is 0.481 e. The van der Waals surface area contributed by atoms with E-state index in [-0.39, 0.29) is 11.6 Å². The Morgan fingerprint density at radius 3 is 2.44 bits per heavy atom. The minimum absolute atomic E-state index is 0.0207. The van der Waals surface area contributed by atoms with Crippen LogP contribution in [0.1, 0.15) is 18.5 Å². The van der Waals surface area contributed by atoms with E-state index >= 15 is 0 Å². The zero-order valence-corrected chi connectivity index (χ0v) is 13.8. The first-order valence-corrected chi connectivity index (χ1v) is 8.02. The van der Waals surface area contributed by atoms with E-state index in [4.69, 9.17) is 5.11 Å². The number of nitrogens with zero attached hydrogens (tertiary/aromatic N) is 4. The summed E-state index contributed by atoms with van der Waals surface area (Å²) in [5, 5.41) is 19.9. The number of hydrogen-bond acceptors (Lipinski definition) is 6. The summed E-state index contributed by atoms with van der Waals surface area (Å²) in [4.78, 5) is 32.4. The van der Waals surface area contributed by atoms with Crippen LogP contribution in [0, 0.1) is 23.0 Å². The predicted molar refractivity (Wildman–Crippen MR) is 91.4 cm³/mol. The molecule has 1 aliphatic heterocycles. The molecule has 0 spiro atoms. The number of benzene rings is 1. The lowest BCUT2D eigenvalue weighted by Gasteiger charge is -2.31. The highest BCUT2D eigenvalue weighted by Crippen LogP contribution is 2.26. The van der Waals surface area contributed by atoms with Crippen LogP contribution in [0.5, 0.6) is 0 Å². The van der Waals surface area contributed by atoms with Gasteiger partial charge < -0.3 is 10.0 Å². The number of nitro benzene ring substituents is 1. The fourth-order valence-electron chi connectivity index (χ4n) is 2.93. The van der Waals surface area contributed by atoms with E-state index in [0.717, 1.165) is 11.5 Å². The van der Waals surface area contributed by atoms with Gasteiger partial charge in [-0.3, -0.25) is 14.9 Å². The van der Waals surface area contributed by atoms with E-state index in [0.29, 0.717) is 37.3 Å². The van der Waals surface area contributed by atoms with Crippen LogP contribution in [0.3, 0.4) is 0 Å². The summed E-state index contributed by atoms with van der Waals surface area (Å²) in [6.07, 6.45) is 1.18. The van der Waals surface area contributed by atoms with Gasteiger partial charge in [0.05, 0.1) is 10.8 Å². The highest BCUT2D eigenvalue weighted by atomic mass is 16.6. The number of nitro groups is 1. The van der Waals surface area contributed by atoms with Gasteiger partial charge in [-0.2, -0.15) is 0 Å². The predicted octanol–water partition coefficient (Wildman–Crippen LogP) is 2.66. The molecule has 1 aliphatic rings. The third-order valence-corrected chi connectivity index (χ3v) is 4.35. The number of piperidine rings is 1. The van der Waals surface area contributed by atoms with Crippen molar-refractivity contribution in [1.29, 1.82) is 0 Å². The number of aryl methyl sites for hydroxylation is 1. The molecule has 2 heterocycles. The van der Waals surface area contributed by atoms with Crippen LogP contribution in [0.15, 0.2) is 30.3 Å².